The Hall–Kier alpha value is -2.29. The summed E-state index contributed by atoms with van der Waals surface area (Å²) >= 11 is 0. The van der Waals surface area contributed by atoms with E-state index in [0.717, 1.165) is 24.0 Å². The molecular weight excluding hydrogens is 419 g/mol. The molecule has 3 aliphatic rings. The normalized spacial score (nSPS) is 22.1. The Morgan fingerprint density at radius 2 is 1.52 bits per heavy atom. The van der Waals surface area contributed by atoms with Crippen molar-refractivity contribution in [1.29, 1.82) is 0 Å². The van der Waals surface area contributed by atoms with Crippen LogP contribution in [-0.2, 0) is 19.6 Å². The van der Waals surface area contributed by atoms with Crippen molar-refractivity contribution in [1.82, 2.24) is 9.21 Å². The van der Waals surface area contributed by atoms with E-state index in [1.807, 2.05) is 4.90 Å². The van der Waals surface area contributed by atoms with Crippen molar-refractivity contribution in [3.8, 4) is 11.1 Å². The summed E-state index contributed by atoms with van der Waals surface area (Å²) in [5.74, 6) is -0.262. The number of benzene rings is 2. The number of rotatable bonds is 4. The van der Waals surface area contributed by atoms with Gasteiger partial charge in [-0.2, -0.15) is 4.31 Å². The summed E-state index contributed by atoms with van der Waals surface area (Å²) in [7, 11) is -3.61. The summed E-state index contributed by atoms with van der Waals surface area (Å²) in [5.41, 5.74) is 1.22. The quantitative estimate of drug-likeness (QED) is 0.727. The number of morpholine rings is 1. The van der Waals surface area contributed by atoms with Crippen molar-refractivity contribution >= 4 is 15.9 Å². The second kappa shape index (κ2) is 7.69. The molecule has 1 spiro atoms. The first-order valence-corrected chi connectivity index (χ1v) is 12.1. The second-order valence-corrected chi connectivity index (χ2v) is 10.6. The van der Waals surface area contributed by atoms with Crippen LogP contribution in [0.25, 0.3) is 11.1 Å². The fraction of sp³-hybridized carbons (Fsp3) is 0.435. The lowest BCUT2D eigenvalue weighted by Crippen LogP contribution is -2.59. The molecule has 0 bridgehead atoms. The molecule has 1 saturated carbocycles. The van der Waals surface area contributed by atoms with Gasteiger partial charge in [0.2, 0.25) is 15.9 Å². The third kappa shape index (κ3) is 4.00. The number of carbonyl (C=O) groups excluding carboxylic acids is 1. The minimum absolute atomic E-state index is 0.0458. The molecule has 8 heteroatoms. The zero-order valence-corrected chi connectivity index (χ0v) is 18.0. The summed E-state index contributed by atoms with van der Waals surface area (Å²) in [6.45, 7) is 1.40. The van der Waals surface area contributed by atoms with Gasteiger partial charge in [-0.1, -0.05) is 24.3 Å². The molecule has 0 unspecified atom stereocenters. The van der Waals surface area contributed by atoms with Crippen molar-refractivity contribution in [3.05, 3.63) is 54.3 Å². The van der Waals surface area contributed by atoms with Crippen LogP contribution >= 0.6 is 0 Å². The number of halogens is 1. The van der Waals surface area contributed by atoms with E-state index < -0.39 is 15.6 Å². The molecule has 0 radical (unpaired) electrons. The minimum Gasteiger partial charge on any atom is -0.363 e. The van der Waals surface area contributed by atoms with Gasteiger partial charge in [0, 0.05) is 19.1 Å². The number of amides is 1. The van der Waals surface area contributed by atoms with Crippen molar-refractivity contribution < 1.29 is 22.3 Å². The third-order valence-electron chi connectivity index (χ3n) is 6.57. The molecule has 2 aromatic rings. The number of sulfonamides is 1. The Balaban J connectivity index is 1.27. The van der Waals surface area contributed by atoms with Gasteiger partial charge in [0.15, 0.2) is 0 Å². The molecule has 0 N–H and O–H groups in total. The first-order chi connectivity index (χ1) is 14.9. The Bertz CT molecular complexity index is 1070. The standard InChI is InChI=1S/C23H25FN2O4S/c24-19-5-1-17(2-6-19)18-3-9-21(10-4-18)31(28,29)25-13-11-23(12-14-25)16-26(20-7-8-20)22(27)15-30-23/h1-6,9-10,20H,7-8,11-16H2. The lowest BCUT2D eigenvalue weighted by molar-refractivity contribution is -0.170. The molecular formula is C23H25FN2O4S. The van der Waals surface area contributed by atoms with Crippen molar-refractivity contribution in [3.63, 3.8) is 0 Å². The molecule has 3 fully saturated rings. The van der Waals surface area contributed by atoms with Gasteiger partial charge in [-0.25, -0.2) is 12.8 Å². The summed E-state index contributed by atoms with van der Waals surface area (Å²) in [6.07, 6.45) is 3.26. The highest BCUT2D eigenvalue weighted by Gasteiger charge is 2.47. The molecule has 6 nitrogen and oxygen atoms in total. The first-order valence-electron chi connectivity index (χ1n) is 10.7. The van der Waals surface area contributed by atoms with Crippen LogP contribution in [0.1, 0.15) is 25.7 Å². The van der Waals surface area contributed by atoms with Crippen LogP contribution in [0.3, 0.4) is 0 Å². The van der Waals surface area contributed by atoms with E-state index in [1.54, 1.807) is 36.4 Å². The Kier molecular flexibility index (Phi) is 5.11. The van der Waals surface area contributed by atoms with Crippen LogP contribution < -0.4 is 0 Å². The van der Waals surface area contributed by atoms with E-state index >= 15 is 0 Å². The zero-order valence-electron chi connectivity index (χ0n) is 17.2. The summed E-state index contributed by atoms with van der Waals surface area (Å²) in [4.78, 5) is 14.3. The van der Waals surface area contributed by atoms with Gasteiger partial charge in [0.05, 0.1) is 17.0 Å². The SMILES string of the molecule is O=C1COC2(CCN(S(=O)(=O)c3ccc(-c4ccc(F)cc4)cc3)CC2)CN1C1CC1. The number of ether oxygens (including phenoxy) is 1. The van der Waals surface area contributed by atoms with Crippen molar-refractivity contribution in [2.24, 2.45) is 0 Å². The van der Waals surface area contributed by atoms with Crippen LogP contribution in [0.5, 0.6) is 0 Å². The average Bonchev–Trinajstić information content (AvgIpc) is 3.62. The van der Waals surface area contributed by atoms with Gasteiger partial charge in [0.1, 0.15) is 12.4 Å². The maximum atomic E-state index is 13.2. The van der Waals surface area contributed by atoms with Crippen LogP contribution in [0.15, 0.2) is 53.4 Å². The molecule has 2 saturated heterocycles. The highest BCUT2D eigenvalue weighted by molar-refractivity contribution is 7.89. The maximum Gasteiger partial charge on any atom is 0.248 e. The number of hydrogen-bond acceptors (Lipinski definition) is 4. The maximum absolute atomic E-state index is 13.2. The largest absolute Gasteiger partial charge is 0.363 e. The number of nitrogens with zero attached hydrogens (tertiary/aromatic N) is 2. The highest BCUT2D eigenvalue weighted by atomic mass is 32.2. The van der Waals surface area contributed by atoms with Crippen LogP contribution in [0, 0.1) is 5.82 Å². The predicted molar refractivity (Wildman–Crippen MR) is 113 cm³/mol. The van der Waals surface area contributed by atoms with Crippen LogP contribution in [0.2, 0.25) is 0 Å². The molecule has 31 heavy (non-hydrogen) atoms. The monoisotopic (exact) mass is 444 g/mol. The Labute approximate surface area is 181 Å². The number of carbonyl (C=O) groups is 1. The molecule has 164 valence electrons. The lowest BCUT2D eigenvalue weighted by Gasteiger charge is -2.46. The van der Waals surface area contributed by atoms with Crippen molar-refractivity contribution in [2.45, 2.75) is 42.2 Å². The zero-order chi connectivity index (χ0) is 21.6. The molecule has 1 aliphatic carbocycles. The highest BCUT2D eigenvalue weighted by Crippen LogP contribution is 2.37. The molecule has 2 aliphatic heterocycles. The molecule has 1 amide bonds. The van der Waals surface area contributed by atoms with Gasteiger partial charge >= 0.3 is 0 Å². The van der Waals surface area contributed by atoms with E-state index in [-0.39, 0.29) is 23.2 Å². The topological polar surface area (TPSA) is 66.9 Å². The first kappa shape index (κ1) is 20.6. The summed E-state index contributed by atoms with van der Waals surface area (Å²) < 4.78 is 46.9. The van der Waals surface area contributed by atoms with Gasteiger partial charge in [-0.05, 0) is 61.1 Å². The molecule has 2 aromatic carbocycles. The van der Waals surface area contributed by atoms with E-state index in [0.29, 0.717) is 38.5 Å². The molecule has 0 atom stereocenters. The fourth-order valence-electron chi connectivity index (χ4n) is 4.51. The molecule has 5 rings (SSSR count). The van der Waals surface area contributed by atoms with E-state index in [1.165, 1.54) is 16.4 Å². The number of piperidine rings is 1. The van der Waals surface area contributed by atoms with Gasteiger partial charge in [0.25, 0.3) is 0 Å². The van der Waals surface area contributed by atoms with Crippen LogP contribution in [0.4, 0.5) is 4.39 Å². The second-order valence-electron chi connectivity index (χ2n) is 8.66. The molecule has 0 aromatic heterocycles. The van der Waals surface area contributed by atoms with Crippen LogP contribution in [-0.4, -0.2) is 61.4 Å². The Morgan fingerprint density at radius 1 is 0.935 bits per heavy atom. The van der Waals surface area contributed by atoms with E-state index in [2.05, 4.69) is 0 Å². The number of hydrogen-bond donors (Lipinski definition) is 0. The fourth-order valence-corrected chi connectivity index (χ4v) is 5.95. The summed E-state index contributed by atoms with van der Waals surface area (Å²) in [6, 6.07) is 13.1. The van der Waals surface area contributed by atoms with E-state index in [9.17, 15) is 17.6 Å². The van der Waals surface area contributed by atoms with Crippen molar-refractivity contribution in [2.75, 3.05) is 26.2 Å². The third-order valence-corrected chi connectivity index (χ3v) is 8.48. The molecule has 2 heterocycles. The minimum atomic E-state index is -3.61. The summed E-state index contributed by atoms with van der Waals surface area (Å²) in [5, 5.41) is 0. The predicted octanol–water partition coefficient (Wildman–Crippen LogP) is 3.04. The van der Waals surface area contributed by atoms with E-state index in [4.69, 9.17) is 4.74 Å². The lowest BCUT2D eigenvalue weighted by atomic mass is 9.90. The van der Waals surface area contributed by atoms with Gasteiger partial charge in [-0.15, -0.1) is 0 Å². The average molecular weight is 445 g/mol. The van der Waals surface area contributed by atoms with Gasteiger partial charge < -0.3 is 9.64 Å². The van der Waals surface area contributed by atoms with Gasteiger partial charge in [-0.3, -0.25) is 4.79 Å². The Morgan fingerprint density at radius 3 is 2.10 bits per heavy atom. The smallest absolute Gasteiger partial charge is 0.248 e.